The second kappa shape index (κ2) is 4.77. The number of hydrogen-bond acceptors (Lipinski definition) is 1. The molecule has 1 aromatic carbocycles. The smallest absolute Gasteiger partial charge is 0.129 e. The van der Waals surface area contributed by atoms with Crippen molar-refractivity contribution < 1.29 is 4.39 Å². The summed E-state index contributed by atoms with van der Waals surface area (Å²) >= 11 is 0. The molecule has 0 bridgehead atoms. The molecule has 1 unspecified atom stereocenters. The third-order valence-electron chi connectivity index (χ3n) is 4.17. The number of hydrogen-bond donors (Lipinski definition) is 1. The minimum Gasteiger partial charge on any atom is -0.314 e. The Balaban J connectivity index is 1.84. The number of benzene rings is 1. The highest BCUT2D eigenvalue weighted by Gasteiger charge is 2.20. The summed E-state index contributed by atoms with van der Waals surface area (Å²) in [5.74, 6) is 0.0934. The molecular weight excluding hydrogens is 213 g/mol. The van der Waals surface area contributed by atoms with E-state index in [2.05, 4.69) is 11.4 Å². The van der Waals surface area contributed by atoms with Gasteiger partial charge in [-0.1, -0.05) is 12.1 Å². The van der Waals surface area contributed by atoms with Crippen LogP contribution in [0.5, 0.6) is 0 Å². The number of halogens is 1. The van der Waals surface area contributed by atoms with Gasteiger partial charge < -0.3 is 5.32 Å². The van der Waals surface area contributed by atoms with E-state index >= 15 is 0 Å². The minimum absolute atomic E-state index is 0.0934. The third-order valence-corrected chi connectivity index (χ3v) is 4.17. The van der Waals surface area contributed by atoms with Crippen LogP contribution in [-0.2, 0) is 19.3 Å². The molecule has 1 aromatic rings. The van der Waals surface area contributed by atoms with Gasteiger partial charge in [0.1, 0.15) is 5.82 Å². The van der Waals surface area contributed by atoms with Crippen LogP contribution in [0.25, 0.3) is 0 Å². The van der Waals surface area contributed by atoms with Gasteiger partial charge in [-0.2, -0.15) is 0 Å². The molecule has 0 spiro atoms. The fourth-order valence-electron chi connectivity index (χ4n) is 3.19. The molecule has 1 N–H and O–H groups in total. The van der Waals surface area contributed by atoms with E-state index in [0.717, 1.165) is 43.4 Å². The summed E-state index contributed by atoms with van der Waals surface area (Å²) in [5.41, 5.74) is 3.17. The molecule has 1 nitrogen and oxygen atoms in total. The molecule has 1 atom stereocenters. The molecule has 0 radical (unpaired) electrons. The van der Waals surface area contributed by atoms with E-state index in [1.165, 1.54) is 24.8 Å². The van der Waals surface area contributed by atoms with Gasteiger partial charge in [0.15, 0.2) is 0 Å². The fraction of sp³-hybridized carbons (Fsp3) is 0.600. The van der Waals surface area contributed by atoms with E-state index < -0.39 is 0 Å². The summed E-state index contributed by atoms with van der Waals surface area (Å²) in [6, 6.07) is 4.66. The average molecular weight is 233 g/mol. The Morgan fingerprint density at radius 2 is 2.06 bits per heavy atom. The van der Waals surface area contributed by atoms with Crippen molar-refractivity contribution >= 4 is 0 Å². The van der Waals surface area contributed by atoms with E-state index in [0.29, 0.717) is 6.04 Å². The van der Waals surface area contributed by atoms with Crippen molar-refractivity contribution in [1.82, 2.24) is 5.32 Å². The first-order valence-corrected chi connectivity index (χ1v) is 6.87. The molecule has 3 rings (SSSR count). The third kappa shape index (κ3) is 2.23. The maximum atomic E-state index is 14.4. The predicted molar refractivity (Wildman–Crippen MR) is 67.8 cm³/mol. The Morgan fingerprint density at radius 1 is 1.18 bits per heavy atom. The molecule has 1 aliphatic carbocycles. The van der Waals surface area contributed by atoms with Gasteiger partial charge in [0.2, 0.25) is 0 Å². The van der Waals surface area contributed by atoms with Crippen molar-refractivity contribution in [3.63, 3.8) is 0 Å². The normalized spacial score (nSPS) is 23.7. The number of nitrogens with one attached hydrogen (secondary N) is 1. The van der Waals surface area contributed by atoms with Gasteiger partial charge in [0.25, 0.3) is 0 Å². The summed E-state index contributed by atoms with van der Waals surface area (Å²) in [6.07, 6.45) is 7.65. The lowest BCUT2D eigenvalue weighted by Crippen LogP contribution is -2.24. The maximum absolute atomic E-state index is 14.4. The lowest BCUT2D eigenvalue weighted by molar-refractivity contribution is 0.539. The average Bonchev–Trinajstić information content (AvgIpc) is 2.86. The molecule has 1 aliphatic heterocycles. The Bertz CT molecular complexity index is 408. The molecule has 1 heterocycles. The Morgan fingerprint density at radius 3 is 2.88 bits per heavy atom. The second-order valence-electron chi connectivity index (χ2n) is 5.38. The topological polar surface area (TPSA) is 12.0 Å². The van der Waals surface area contributed by atoms with Crippen LogP contribution in [0.2, 0.25) is 0 Å². The Hall–Kier alpha value is -0.890. The van der Waals surface area contributed by atoms with Gasteiger partial charge in [-0.15, -0.1) is 0 Å². The summed E-state index contributed by atoms with van der Waals surface area (Å²) in [6.45, 7) is 1.09. The van der Waals surface area contributed by atoms with Crippen LogP contribution in [0.1, 0.15) is 42.4 Å². The van der Waals surface area contributed by atoms with Gasteiger partial charge in [0, 0.05) is 6.04 Å². The van der Waals surface area contributed by atoms with Crippen LogP contribution < -0.4 is 5.32 Å². The molecule has 17 heavy (non-hydrogen) atoms. The van der Waals surface area contributed by atoms with Crippen LogP contribution in [0.15, 0.2) is 12.1 Å². The molecule has 1 saturated heterocycles. The van der Waals surface area contributed by atoms with Crippen molar-refractivity contribution in [3.05, 3.63) is 34.6 Å². The van der Waals surface area contributed by atoms with E-state index in [1.54, 1.807) is 0 Å². The second-order valence-corrected chi connectivity index (χ2v) is 5.38. The molecule has 0 aromatic heterocycles. The summed E-state index contributed by atoms with van der Waals surface area (Å²) < 4.78 is 14.4. The van der Waals surface area contributed by atoms with Crippen molar-refractivity contribution in [2.75, 3.05) is 6.54 Å². The maximum Gasteiger partial charge on any atom is 0.129 e. The quantitative estimate of drug-likeness (QED) is 0.828. The number of rotatable bonds is 2. The van der Waals surface area contributed by atoms with E-state index in [9.17, 15) is 4.39 Å². The first-order valence-electron chi connectivity index (χ1n) is 6.87. The molecule has 0 amide bonds. The monoisotopic (exact) mass is 233 g/mol. The summed E-state index contributed by atoms with van der Waals surface area (Å²) in [5, 5.41) is 3.45. The molecular formula is C15H20FN. The minimum atomic E-state index is 0.0934. The van der Waals surface area contributed by atoms with Gasteiger partial charge in [-0.05, 0) is 68.2 Å². The SMILES string of the molecule is Fc1c(CC2CCCN2)ccc2c1CCCC2. The zero-order valence-electron chi connectivity index (χ0n) is 10.3. The molecule has 2 heteroatoms. The zero-order valence-corrected chi connectivity index (χ0v) is 10.3. The van der Waals surface area contributed by atoms with Crippen molar-refractivity contribution in [1.29, 1.82) is 0 Å². The van der Waals surface area contributed by atoms with Crippen LogP contribution >= 0.6 is 0 Å². The van der Waals surface area contributed by atoms with E-state index in [4.69, 9.17) is 0 Å². The fourth-order valence-corrected chi connectivity index (χ4v) is 3.19. The van der Waals surface area contributed by atoms with Gasteiger partial charge in [-0.25, -0.2) is 4.39 Å². The Labute approximate surface area is 102 Å². The van der Waals surface area contributed by atoms with Crippen molar-refractivity contribution in [2.45, 2.75) is 51.0 Å². The van der Waals surface area contributed by atoms with E-state index in [-0.39, 0.29) is 5.82 Å². The highest BCUT2D eigenvalue weighted by molar-refractivity contribution is 5.36. The lowest BCUT2D eigenvalue weighted by Gasteiger charge is -2.19. The van der Waals surface area contributed by atoms with Crippen molar-refractivity contribution in [3.8, 4) is 0 Å². The molecule has 2 aliphatic rings. The number of fused-ring (bicyclic) bond motifs is 1. The standard InChI is InChI=1S/C15H20FN/c16-15-12(10-13-5-3-9-17-13)8-7-11-4-1-2-6-14(11)15/h7-8,13,17H,1-6,9-10H2. The van der Waals surface area contributed by atoms with Crippen LogP contribution in [-0.4, -0.2) is 12.6 Å². The first kappa shape index (κ1) is 11.2. The largest absolute Gasteiger partial charge is 0.314 e. The molecule has 92 valence electrons. The first-order chi connectivity index (χ1) is 8.34. The lowest BCUT2D eigenvalue weighted by atomic mass is 9.88. The highest BCUT2D eigenvalue weighted by Crippen LogP contribution is 2.27. The molecule has 1 fully saturated rings. The Kier molecular flexibility index (Phi) is 3.15. The van der Waals surface area contributed by atoms with Gasteiger partial charge in [-0.3, -0.25) is 0 Å². The predicted octanol–water partition coefficient (Wildman–Crippen LogP) is 3.00. The van der Waals surface area contributed by atoms with E-state index in [1.807, 2.05) is 6.07 Å². The van der Waals surface area contributed by atoms with Gasteiger partial charge in [0.05, 0.1) is 0 Å². The van der Waals surface area contributed by atoms with Crippen LogP contribution in [0, 0.1) is 5.82 Å². The van der Waals surface area contributed by atoms with Crippen molar-refractivity contribution in [2.24, 2.45) is 0 Å². The van der Waals surface area contributed by atoms with Crippen LogP contribution in [0.3, 0.4) is 0 Å². The highest BCUT2D eigenvalue weighted by atomic mass is 19.1. The summed E-state index contributed by atoms with van der Waals surface area (Å²) in [4.78, 5) is 0. The molecule has 0 saturated carbocycles. The zero-order chi connectivity index (χ0) is 11.7. The van der Waals surface area contributed by atoms with Gasteiger partial charge >= 0.3 is 0 Å². The van der Waals surface area contributed by atoms with Crippen LogP contribution in [0.4, 0.5) is 4.39 Å². The number of aryl methyl sites for hydroxylation is 1. The summed E-state index contributed by atoms with van der Waals surface area (Å²) in [7, 11) is 0.